The summed E-state index contributed by atoms with van der Waals surface area (Å²) in [4.78, 5) is 12.6. The Hall–Kier alpha value is -1.55. The minimum absolute atomic E-state index is 0.00331. The summed E-state index contributed by atoms with van der Waals surface area (Å²) in [6.07, 6.45) is 0.00331. The first-order valence-electron chi connectivity index (χ1n) is 5.40. The highest BCUT2D eigenvalue weighted by Crippen LogP contribution is 2.13. The number of para-hydroxylation sites is 1. The molecule has 1 aromatic rings. The highest BCUT2D eigenvalue weighted by Gasteiger charge is 2.12. The van der Waals surface area contributed by atoms with E-state index in [0.717, 1.165) is 12.2 Å². The summed E-state index contributed by atoms with van der Waals surface area (Å²) < 4.78 is 0. The number of anilines is 1. The normalized spacial score (nSPS) is 12.1. The zero-order chi connectivity index (χ0) is 12.0. The summed E-state index contributed by atoms with van der Waals surface area (Å²) in [5.41, 5.74) is 6.84. The largest absolute Gasteiger partial charge is 0.481 e. The third kappa shape index (κ3) is 3.90. The zero-order valence-corrected chi connectivity index (χ0v) is 9.47. The van der Waals surface area contributed by atoms with Gasteiger partial charge in [0.05, 0.1) is 6.42 Å². The number of carboxylic acids is 1. The van der Waals surface area contributed by atoms with Gasteiger partial charge >= 0.3 is 5.97 Å². The average Bonchev–Trinajstić information content (AvgIpc) is 2.26. The molecule has 4 heteroatoms. The second-order valence-electron chi connectivity index (χ2n) is 3.73. The molecule has 0 radical (unpaired) electrons. The molecule has 1 aromatic carbocycles. The lowest BCUT2D eigenvalue weighted by Gasteiger charge is -2.25. The molecular formula is C12H18N2O2. The van der Waals surface area contributed by atoms with Crippen LogP contribution < -0.4 is 10.6 Å². The third-order valence-electron chi connectivity index (χ3n) is 2.39. The number of carbonyl (C=O) groups is 1. The minimum atomic E-state index is -0.850. The Labute approximate surface area is 95.7 Å². The first-order valence-corrected chi connectivity index (χ1v) is 5.40. The molecule has 0 saturated heterocycles. The van der Waals surface area contributed by atoms with Crippen LogP contribution in [0.25, 0.3) is 0 Å². The van der Waals surface area contributed by atoms with Crippen LogP contribution in [0.4, 0.5) is 5.69 Å². The van der Waals surface area contributed by atoms with Crippen molar-refractivity contribution in [2.45, 2.75) is 19.4 Å². The quantitative estimate of drug-likeness (QED) is 0.761. The second kappa shape index (κ2) is 6.12. The number of hydrogen-bond acceptors (Lipinski definition) is 3. The van der Waals surface area contributed by atoms with Crippen molar-refractivity contribution in [3.8, 4) is 0 Å². The summed E-state index contributed by atoms with van der Waals surface area (Å²) in [5.74, 6) is -0.850. The molecule has 0 aliphatic rings. The molecule has 0 spiro atoms. The standard InChI is InChI=1S/C12H18N2O2/c1-2-14(9-10(13)8-12(15)16)11-6-4-3-5-7-11/h3-7,10H,2,8-9,13H2,1H3,(H,15,16). The lowest BCUT2D eigenvalue weighted by Crippen LogP contribution is -2.38. The van der Waals surface area contributed by atoms with Gasteiger partial charge in [0.15, 0.2) is 0 Å². The van der Waals surface area contributed by atoms with E-state index in [9.17, 15) is 4.79 Å². The Morgan fingerprint density at radius 2 is 2.06 bits per heavy atom. The maximum absolute atomic E-state index is 10.5. The minimum Gasteiger partial charge on any atom is -0.481 e. The van der Waals surface area contributed by atoms with E-state index in [2.05, 4.69) is 4.90 Å². The number of benzene rings is 1. The summed E-state index contributed by atoms with van der Waals surface area (Å²) in [6, 6.07) is 9.53. The maximum Gasteiger partial charge on any atom is 0.304 e. The van der Waals surface area contributed by atoms with Crippen LogP contribution in [-0.4, -0.2) is 30.2 Å². The van der Waals surface area contributed by atoms with E-state index in [4.69, 9.17) is 10.8 Å². The first-order chi connectivity index (χ1) is 7.63. The van der Waals surface area contributed by atoms with E-state index in [0.29, 0.717) is 6.54 Å². The number of nitrogens with zero attached hydrogens (tertiary/aromatic N) is 1. The van der Waals surface area contributed by atoms with E-state index in [1.165, 1.54) is 0 Å². The van der Waals surface area contributed by atoms with Gasteiger partial charge in [0.2, 0.25) is 0 Å². The van der Waals surface area contributed by atoms with Crippen molar-refractivity contribution < 1.29 is 9.90 Å². The molecule has 0 saturated carbocycles. The molecule has 88 valence electrons. The molecule has 0 bridgehead atoms. The topological polar surface area (TPSA) is 66.6 Å². The van der Waals surface area contributed by atoms with Gasteiger partial charge in [-0.05, 0) is 19.1 Å². The number of hydrogen-bond donors (Lipinski definition) is 2. The fourth-order valence-electron chi connectivity index (χ4n) is 1.63. The predicted octanol–water partition coefficient (Wildman–Crippen LogP) is 1.31. The van der Waals surface area contributed by atoms with Gasteiger partial charge in [0.25, 0.3) is 0 Å². The molecule has 0 aliphatic carbocycles. The number of nitrogens with two attached hydrogens (primary N) is 1. The van der Waals surface area contributed by atoms with Crippen LogP contribution in [0.3, 0.4) is 0 Å². The average molecular weight is 222 g/mol. The molecule has 1 rings (SSSR count). The SMILES string of the molecule is CCN(CC(N)CC(=O)O)c1ccccc1. The first kappa shape index (κ1) is 12.5. The maximum atomic E-state index is 10.5. The van der Waals surface area contributed by atoms with Gasteiger partial charge in [-0.25, -0.2) is 0 Å². The molecule has 16 heavy (non-hydrogen) atoms. The van der Waals surface area contributed by atoms with Crippen LogP contribution in [-0.2, 0) is 4.79 Å². The van der Waals surface area contributed by atoms with Crippen LogP contribution in [0.15, 0.2) is 30.3 Å². The van der Waals surface area contributed by atoms with Gasteiger partial charge in [-0.3, -0.25) is 4.79 Å². The molecule has 0 fully saturated rings. The van der Waals surface area contributed by atoms with Gasteiger partial charge in [0.1, 0.15) is 0 Å². The van der Waals surface area contributed by atoms with Crippen LogP contribution in [0.2, 0.25) is 0 Å². The van der Waals surface area contributed by atoms with Gasteiger partial charge in [-0.2, -0.15) is 0 Å². The van der Waals surface area contributed by atoms with Gasteiger partial charge in [-0.15, -0.1) is 0 Å². The van der Waals surface area contributed by atoms with E-state index >= 15 is 0 Å². The lowest BCUT2D eigenvalue weighted by molar-refractivity contribution is -0.137. The van der Waals surface area contributed by atoms with E-state index in [1.807, 2.05) is 37.3 Å². The molecule has 0 heterocycles. The molecule has 0 aromatic heterocycles. The van der Waals surface area contributed by atoms with Crippen molar-refractivity contribution >= 4 is 11.7 Å². The van der Waals surface area contributed by atoms with E-state index in [1.54, 1.807) is 0 Å². The third-order valence-corrected chi connectivity index (χ3v) is 2.39. The Bertz CT molecular complexity index is 327. The molecule has 1 atom stereocenters. The Morgan fingerprint density at radius 3 is 2.56 bits per heavy atom. The second-order valence-corrected chi connectivity index (χ2v) is 3.73. The lowest BCUT2D eigenvalue weighted by atomic mass is 10.2. The Morgan fingerprint density at radius 1 is 1.44 bits per heavy atom. The Kier molecular flexibility index (Phi) is 4.79. The van der Waals surface area contributed by atoms with Crippen molar-refractivity contribution in [3.05, 3.63) is 30.3 Å². The Balaban J connectivity index is 2.59. The van der Waals surface area contributed by atoms with Crippen LogP contribution in [0.1, 0.15) is 13.3 Å². The predicted molar refractivity (Wildman–Crippen MR) is 64.6 cm³/mol. The van der Waals surface area contributed by atoms with E-state index < -0.39 is 5.97 Å². The summed E-state index contributed by atoms with van der Waals surface area (Å²) in [6.45, 7) is 3.41. The van der Waals surface area contributed by atoms with Crippen LogP contribution >= 0.6 is 0 Å². The van der Waals surface area contributed by atoms with Crippen LogP contribution in [0.5, 0.6) is 0 Å². The van der Waals surface area contributed by atoms with Gasteiger partial charge < -0.3 is 15.7 Å². The van der Waals surface area contributed by atoms with Crippen molar-refractivity contribution in [2.75, 3.05) is 18.0 Å². The monoisotopic (exact) mass is 222 g/mol. The summed E-state index contributed by atoms with van der Waals surface area (Å²) in [7, 11) is 0. The molecule has 3 N–H and O–H groups in total. The number of rotatable bonds is 6. The fraction of sp³-hybridized carbons (Fsp3) is 0.417. The smallest absolute Gasteiger partial charge is 0.304 e. The zero-order valence-electron chi connectivity index (χ0n) is 9.47. The summed E-state index contributed by atoms with van der Waals surface area (Å²) in [5, 5.41) is 8.64. The van der Waals surface area contributed by atoms with Crippen molar-refractivity contribution in [2.24, 2.45) is 5.73 Å². The molecular weight excluding hydrogens is 204 g/mol. The van der Waals surface area contributed by atoms with Crippen molar-refractivity contribution in [1.29, 1.82) is 0 Å². The van der Waals surface area contributed by atoms with E-state index in [-0.39, 0.29) is 12.5 Å². The number of carboxylic acid groups (broad SMARTS) is 1. The molecule has 4 nitrogen and oxygen atoms in total. The fourth-order valence-corrected chi connectivity index (χ4v) is 1.63. The van der Waals surface area contributed by atoms with Crippen molar-refractivity contribution in [3.63, 3.8) is 0 Å². The number of aliphatic carboxylic acids is 1. The number of likely N-dealkylation sites (N-methyl/N-ethyl adjacent to an activating group) is 1. The molecule has 0 aliphatic heterocycles. The highest BCUT2D eigenvalue weighted by atomic mass is 16.4. The highest BCUT2D eigenvalue weighted by molar-refractivity contribution is 5.67. The molecule has 1 unspecified atom stereocenters. The van der Waals surface area contributed by atoms with Gasteiger partial charge in [-0.1, -0.05) is 18.2 Å². The van der Waals surface area contributed by atoms with Crippen LogP contribution in [0, 0.1) is 0 Å². The van der Waals surface area contributed by atoms with Crippen molar-refractivity contribution in [1.82, 2.24) is 0 Å². The molecule has 0 amide bonds. The summed E-state index contributed by atoms with van der Waals surface area (Å²) >= 11 is 0. The van der Waals surface area contributed by atoms with Gasteiger partial charge in [0, 0.05) is 24.8 Å².